The normalized spacial score (nSPS) is 13.5. The van der Waals surface area contributed by atoms with E-state index in [4.69, 9.17) is 5.11 Å². The van der Waals surface area contributed by atoms with E-state index < -0.39 is 10.0 Å². The molecule has 0 aliphatic carbocycles. The molecular formula is C10H15NO3S. The third-order valence-corrected chi connectivity index (χ3v) is 2.65. The van der Waals surface area contributed by atoms with E-state index in [1.165, 1.54) is 0 Å². The molecule has 84 valence electrons. The number of aliphatic hydroxyl groups excluding tert-OH is 1. The number of hydrogen-bond acceptors (Lipinski definition) is 3. The minimum absolute atomic E-state index is 0.0115. The Labute approximate surface area is 90.0 Å². The molecule has 1 atom stereocenters. The standard InChI is InChI=1S/C10H15NO3S/c1-8(7-12)9-5-3-4-6-10(9)11-15(2,13)14/h3-6,8,11-12H,7H2,1-2H3. The molecule has 1 aromatic carbocycles. The highest BCUT2D eigenvalue weighted by Crippen LogP contribution is 2.24. The fourth-order valence-electron chi connectivity index (χ4n) is 1.32. The smallest absolute Gasteiger partial charge is 0.229 e. The zero-order valence-electron chi connectivity index (χ0n) is 8.77. The zero-order valence-corrected chi connectivity index (χ0v) is 9.58. The summed E-state index contributed by atoms with van der Waals surface area (Å²) >= 11 is 0. The molecule has 0 radical (unpaired) electrons. The van der Waals surface area contributed by atoms with Crippen LogP contribution in [-0.4, -0.2) is 26.4 Å². The second-order valence-electron chi connectivity index (χ2n) is 3.55. The molecule has 4 nitrogen and oxygen atoms in total. The predicted octanol–water partition coefficient (Wildman–Crippen LogP) is 1.15. The predicted molar refractivity (Wildman–Crippen MR) is 60.4 cm³/mol. The van der Waals surface area contributed by atoms with E-state index in [1.807, 2.05) is 13.0 Å². The SMILES string of the molecule is CC(CO)c1ccccc1NS(C)(=O)=O. The summed E-state index contributed by atoms with van der Waals surface area (Å²) in [6.07, 6.45) is 1.10. The number of sulfonamides is 1. The molecule has 2 N–H and O–H groups in total. The molecule has 1 aromatic rings. The molecule has 0 aromatic heterocycles. The molecule has 1 unspecified atom stereocenters. The Hall–Kier alpha value is -1.07. The maximum absolute atomic E-state index is 11.1. The molecule has 0 bridgehead atoms. The second kappa shape index (κ2) is 4.63. The van der Waals surface area contributed by atoms with Crippen LogP contribution < -0.4 is 4.72 Å². The summed E-state index contributed by atoms with van der Waals surface area (Å²) < 4.78 is 24.6. The highest BCUT2D eigenvalue weighted by atomic mass is 32.2. The average Bonchev–Trinajstić information content (AvgIpc) is 2.15. The van der Waals surface area contributed by atoms with E-state index in [2.05, 4.69) is 4.72 Å². The lowest BCUT2D eigenvalue weighted by Crippen LogP contribution is -2.12. The van der Waals surface area contributed by atoms with Gasteiger partial charge in [-0.2, -0.15) is 0 Å². The van der Waals surface area contributed by atoms with Crippen LogP contribution in [-0.2, 0) is 10.0 Å². The van der Waals surface area contributed by atoms with E-state index in [0.29, 0.717) is 5.69 Å². The van der Waals surface area contributed by atoms with Gasteiger partial charge < -0.3 is 5.11 Å². The minimum Gasteiger partial charge on any atom is -0.396 e. The highest BCUT2D eigenvalue weighted by Gasteiger charge is 2.11. The van der Waals surface area contributed by atoms with Crippen LogP contribution in [0.15, 0.2) is 24.3 Å². The lowest BCUT2D eigenvalue weighted by molar-refractivity contribution is 0.273. The topological polar surface area (TPSA) is 66.4 Å². The van der Waals surface area contributed by atoms with E-state index in [-0.39, 0.29) is 12.5 Å². The van der Waals surface area contributed by atoms with Gasteiger partial charge in [-0.1, -0.05) is 25.1 Å². The first-order valence-corrected chi connectivity index (χ1v) is 6.50. The van der Waals surface area contributed by atoms with Gasteiger partial charge in [-0.15, -0.1) is 0 Å². The average molecular weight is 229 g/mol. The first-order valence-electron chi connectivity index (χ1n) is 4.61. The Balaban J connectivity index is 3.07. The summed E-state index contributed by atoms with van der Waals surface area (Å²) in [7, 11) is -3.27. The first-order chi connectivity index (χ1) is 6.94. The van der Waals surface area contributed by atoms with Gasteiger partial charge in [0, 0.05) is 12.5 Å². The van der Waals surface area contributed by atoms with Gasteiger partial charge >= 0.3 is 0 Å². The molecule has 5 heteroatoms. The summed E-state index contributed by atoms with van der Waals surface area (Å²) in [6.45, 7) is 1.82. The Bertz CT molecular complexity index is 428. The van der Waals surface area contributed by atoms with Crippen molar-refractivity contribution in [2.24, 2.45) is 0 Å². The van der Waals surface area contributed by atoms with Gasteiger partial charge in [0.05, 0.1) is 11.9 Å². The Kier molecular flexibility index (Phi) is 3.71. The largest absolute Gasteiger partial charge is 0.396 e. The van der Waals surface area contributed by atoms with Crippen LogP contribution in [0.5, 0.6) is 0 Å². The first kappa shape index (κ1) is 12.0. The van der Waals surface area contributed by atoms with Gasteiger partial charge in [0.2, 0.25) is 10.0 Å². The fourth-order valence-corrected chi connectivity index (χ4v) is 1.90. The van der Waals surface area contributed by atoms with Gasteiger partial charge in [-0.05, 0) is 11.6 Å². The van der Waals surface area contributed by atoms with Gasteiger partial charge in [0.25, 0.3) is 0 Å². The maximum atomic E-state index is 11.1. The molecular weight excluding hydrogens is 214 g/mol. The Morgan fingerprint density at radius 3 is 2.53 bits per heavy atom. The van der Waals surface area contributed by atoms with E-state index in [0.717, 1.165) is 11.8 Å². The summed E-state index contributed by atoms with van der Waals surface area (Å²) in [6, 6.07) is 7.05. The number of hydrogen-bond donors (Lipinski definition) is 2. The van der Waals surface area contributed by atoms with Crippen molar-refractivity contribution in [3.05, 3.63) is 29.8 Å². The number of benzene rings is 1. The van der Waals surface area contributed by atoms with Crippen LogP contribution in [0.2, 0.25) is 0 Å². The summed E-state index contributed by atoms with van der Waals surface area (Å²) in [5, 5.41) is 9.03. The monoisotopic (exact) mass is 229 g/mol. The molecule has 0 amide bonds. The minimum atomic E-state index is -3.27. The second-order valence-corrected chi connectivity index (χ2v) is 5.29. The molecule has 0 saturated carbocycles. The Morgan fingerprint density at radius 2 is 2.00 bits per heavy atom. The summed E-state index contributed by atoms with van der Waals surface area (Å²) in [5.41, 5.74) is 1.33. The molecule has 0 spiro atoms. The number of nitrogens with one attached hydrogen (secondary N) is 1. The third-order valence-electron chi connectivity index (χ3n) is 2.06. The molecule has 0 heterocycles. The van der Waals surface area contributed by atoms with Crippen LogP contribution in [0.3, 0.4) is 0 Å². The lowest BCUT2D eigenvalue weighted by atomic mass is 10.0. The Morgan fingerprint density at radius 1 is 1.40 bits per heavy atom. The van der Waals surface area contributed by atoms with Crippen molar-refractivity contribution >= 4 is 15.7 Å². The van der Waals surface area contributed by atoms with Crippen LogP contribution >= 0.6 is 0 Å². The quantitative estimate of drug-likeness (QED) is 0.814. The summed E-state index contributed by atoms with van der Waals surface area (Å²) in [5.74, 6) is -0.0875. The van der Waals surface area contributed by atoms with Crippen LogP contribution in [0.4, 0.5) is 5.69 Å². The van der Waals surface area contributed by atoms with Crippen molar-refractivity contribution in [2.75, 3.05) is 17.6 Å². The number of para-hydroxylation sites is 1. The van der Waals surface area contributed by atoms with Crippen molar-refractivity contribution in [1.29, 1.82) is 0 Å². The molecule has 1 rings (SSSR count). The number of anilines is 1. The van der Waals surface area contributed by atoms with Crippen molar-refractivity contribution in [2.45, 2.75) is 12.8 Å². The van der Waals surface area contributed by atoms with Crippen molar-refractivity contribution in [3.8, 4) is 0 Å². The lowest BCUT2D eigenvalue weighted by Gasteiger charge is -2.14. The molecule has 0 aliphatic heterocycles. The number of aliphatic hydroxyl groups is 1. The van der Waals surface area contributed by atoms with Gasteiger partial charge in [0.1, 0.15) is 0 Å². The molecule has 0 saturated heterocycles. The van der Waals surface area contributed by atoms with Crippen LogP contribution in [0.1, 0.15) is 18.4 Å². The van der Waals surface area contributed by atoms with E-state index in [1.54, 1.807) is 18.2 Å². The zero-order chi connectivity index (χ0) is 11.5. The number of rotatable bonds is 4. The van der Waals surface area contributed by atoms with Crippen molar-refractivity contribution in [3.63, 3.8) is 0 Å². The van der Waals surface area contributed by atoms with Gasteiger partial charge in [-0.3, -0.25) is 4.72 Å². The van der Waals surface area contributed by atoms with E-state index >= 15 is 0 Å². The van der Waals surface area contributed by atoms with Crippen molar-refractivity contribution < 1.29 is 13.5 Å². The summed E-state index contributed by atoms with van der Waals surface area (Å²) in [4.78, 5) is 0. The van der Waals surface area contributed by atoms with Gasteiger partial charge in [-0.25, -0.2) is 8.42 Å². The van der Waals surface area contributed by atoms with E-state index in [9.17, 15) is 8.42 Å². The molecule has 0 fully saturated rings. The molecule has 15 heavy (non-hydrogen) atoms. The van der Waals surface area contributed by atoms with Crippen LogP contribution in [0, 0.1) is 0 Å². The molecule has 0 aliphatic rings. The highest BCUT2D eigenvalue weighted by molar-refractivity contribution is 7.92. The van der Waals surface area contributed by atoms with Crippen LogP contribution in [0.25, 0.3) is 0 Å². The fraction of sp³-hybridized carbons (Fsp3) is 0.400. The third kappa shape index (κ3) is 3.53. The maximum Gasteiger partial charge on any atom is 0.229 e. The van der Waals surface area contributed by atoms with Crippen molar-refractivity contribution in [1.82, 2.24) is 0 Å². The van der Waals surface area contributed by atoms with Gasteiger partial charge in [0.15, 0.2) is 0 Å².